The van der Waals surface area contributed by atoms with Crippen molar-refractivity contribution in [2.45, 2.75) is 59.0 Å². The molecule has 1 fully saturated rings. The van der Waals surface area contributed by atoms with E-state index in [2.05, 4.69) is 0 Å². The summed E-state index contributed by atoms with van der Waals surface area (Å²) >= 11 is 0. The van der Waals surface area contributed by atoms with Gasteiger partial charge in [-0.2, -0.15) is 0 Å². The maximum Gasteiger partial charge on any atom is 0.417 e. The molecule has 1 atom stereocenters. The molecule has 2 N–H and O–H groups in total. The van der Waals surface area contributed by atoms with Gasteiger partial charge in [0.25, 0.3) is 0 Å². The Morgan fingerprint density at radius 3 is 1.96 bits per heavy atom. The number of amides is 1. The van der Waals surface area contributed by atoms with Crippen LogP contribution in [-0.4, -0.2) is 66.3 Å². The predicted octanol–water partition coefficient (Wildman–Crippen LogP) is 1.59. The third-order valence-corrected chi connectivity index (χ3v) is 2.90. The summed E-state index contributed by atoms with van der Waals surface area (Å²) in [7, 11) is 0. The molecule has 1 amide bonds. The fourth-order valence-corrected chi connectivity index (χ4v) is 1.98. The number of aldehydes is 1. The molecule has 1 unspecified atom stereocenters. The Hall–Kier alpha value is -1.68. The van der Waals surface area contributed by atoms with Crippen molar-refractivity contribution in [2.75, 3.05) is 26.4 Å². The minimum atomic E-state index is -0.940. The van der Waals surface area contributed by atoms with Gasteiger partial charge in [0.2, 0.25) is 0 Å². The van der Waals surface area contributed by atoms with E-state index >= 15 is 0 Å². The fraction of sp³-hybridized carbons (Fsp3) is 0.765. The van der Waals surface area contributed by atoms with Crippen LogP contribution in [-0.2, 0) is 23.8 Å². The van der Waals surface area contributed by atoms with Crippen LogP contribution in [0.2, 0.25) is 0 Å². The summed E-state index contributed by atoms with van der Waals surface area (Å²) < 4.78 is 15.1. The third-order valence-electron chi connectivity index (χ3n) is 2.90. The second-order valence-electron chi connectivity index (χ2n) is 7.72. The van der Waals surface area contributed by atoms with Gasteiger partial charge in [0.05, 0.1) is 38.2 Å². The molecule has 9 nitrogen and oxygen atoms in total. The lowest BCUT2D eigenvalue weighted by Crippen LogP contribution is -2.52. The van der Waals surface area contributed by atoms with Gasteiger partial charge in [-0.05, 0) is 41.5 Å². The molecule has 2 aliphatic heterocycles. The highest BCUT2D eigenvalue weighted by Crippen LogP contribution is 2.24. The summed E-state index contributed by atoms with van der Waals surface area (Å²) in [6, 6.07) is 0. The van der Waals surface area contributed by atoms with Gasteiger partial charge in [-0.3, -0.25) is 15.4 Å². The van der Waals surface area contributed by atoms with E-state index in [1.54, 1.807) is 20.8 Å². The predicted molar refractivity (Wildman–Crippen MR) is 94.5 cm³/mol. The molecule has 26 heavy (non-hydrogen) atoms. The average molecular weight is 373 g/mol. The summed E-state index contributed by atoms with van der Waals surface area (Å²) in [6.07, 6.45) is 0.287. The monoisotopic (exact) mass is 373 g/mol. The topological polar surface area (TPSA) is 104 Å². The average Bonchev–Trinajstić information content (AvgIpc) is 2.82. The van der Waals surface area contributed by atoms with Crippen LogP contribution in [0.3, 0.4) is 0 Å². The van der Waals surface area contributed by atoms with Crippen molar-refractivity contribution in [1.82, 2.24) is 9.96 Å². The smallest absolute Gasteiger partial charge is 0.417 e. The van der Waals surface area contributed by atoms with E-state index in [4.69, 9.17) is 24.8 Å². The van der Waals surface area contributed by atoms with E-state index in [9.17, 15) is 9.59 Å². The quantitative estimate of drug-likeness (QED) is 0.728. The number of carbonyl (C=O) groups excluding carboxylic acids is 2. The van der Waals surface area contributed by atoms with Crippen LogP contribution < -0.4 is 5.73 Å². The number of hydrogen-bond donors (Lipinski definition) is 1. The molecule has 9 heteroatoms. The highest BCUT2D eigenvalue weighted by molar-refractivity contribution is 5.83. The highest BCUT2D eigenvalue weighted by atomic mass is 16.7. The molecule has 0 bridgehead atoms. The Kier molecular flexibility index (Phi) is 8.01. The van der Waals surface area contributed by atoms with Crippen LogP contribution in [0.1, 0.15) is 41.5 Å². The molecule has 0 radical (unpaired) electrons. The van der Waals surface area contributed by atoms with Crippen LogP contribution in [0, 0.1) is 0 Å². The molecule has 0 spiro atoms. The standard InChI is InChI=1S/C13H23N3O4.C4H8O2/c1-12(2,3)19-11(18)16-9(8-17)7-15(10(16)14)20-13(4,5)6;1-2-6-4-3-5-1/h7-8,10H,14H2,1-6H3;1-4H2. The van der Waals surface area contributed by atoms with Crippen LogP contribution in [0.4, 0.5) is 4.79 Å². The van der Waals surface area contributed by atoms with E-state index < -0.39 is 23.6 Å². The largest absolute Gasteiger partial charge is 0.443 e. The van der Waals surface area contributed by atoms with Gasteiger partial charge in [-0.15, -0.1) is 0 Å². The number of rotatable bonds is 2. The van der Waals surface area contributed by atoms with Crippen molar-refractivity contribution in [3.63, 3.8) is 0 Å². The summed E-state index contributed by atoms with van der Waals surface area (Å²) in [5.74, 6) is 0. The number of ether oxygens (including phenoxy) is 3. The zero-order valence-electron chi connectivity index (χ0n) is 16.5. The highest BCUT2D eigenvalue weighted by Gasteiger charge is 2.38. The summed E-state index contributed by atoms with van der Waals surface area (Å²) in [4.78, 5) is 29.8. The Balaban J connectivity index is 0.000000472. The van der Waals surface area contributed by atoms with Gasteiger partial charge in [0.1, 0.15) is 11.3 Å². The summed E-state index contributed by atoms with van der Waals surface area (Å²) in [6.45, 7) is 13.8. The maximum atomic E-state index is 12.1. The number of allylic oxidation sites excluding steroid dienone is 1. The van der Waals surface area contributed by atoms with Gasteiger partial charge in [-0.25, -0.2) is 14.8 Å². The second-order valence-corrected chi connectivity index (χ2v) is 7.72. The van der Waals surface area contributed by atoms with Crippen LogP contribution in [0.25, 0.3) is 0 Å². The zero-order chi connectivity index (χ0) is 20.0. The van der Waals surface area contributed by atoms with Crippen molar-refractivity contribution in [3.8, 4) is 0 Å². The Bertz CT molecular complexity index is 494. The lowest BCUT2D eigenvalue weighted by Gasteiger charge is -2.33. The van der Waals surface area contributed by atoms with Crippen molar-refractivity contribution in [1.29, 1.82) is 0 Å². The Labute approximate surface area is 154 Å². The number of hydrogen-bond acceptors (Lipinski definition) is 8. The lowest BCUT2D eigenvalue weighted by atomic mass is 10.2. The van der Waals surface area contributed by atoms with E-state index in [1.807, 2.05) is 20.8 Å². The fourth-order valence-electron chi connectivity index (χ4n) is 1.98. The van der Waals surface area contributed by atoms with Crippen molar-refractivity contribution < 1.29 is 28.6 Å². The molecule has 150 valence electrons. The lowest BCUT2D eigenvalue weighted by molar-refractivity contribution is -0.226. The second kappa shape index (κ2) is 9.31. The first-order valence-corrected chi connectivity index (χ1v) is 8.52. The molecule has 0 saturated carbocycles. The van der Waals surface area contributed by atoms with E-state index in [-0.39, 0.29) is 5.70 Å². The maximum absolute atomic E-state index is 12.1. The van der Waals surface area contributed by atoms with Crippen molar-refractivity contribution in [2.24, 2.45) is 5.73 Å². The molecule has 0 aromatic carbocycles. The molecular weight excluding hydrogens is 342 g/mol. The van der Waals surface area contributed by atoms with E-state index in [0.29, 0.717) is 6.29 Å². The first kappa shape index (κ1) is 22.4. The third kappa shape index (κ3) is 7.69. The Morgan fingerprint density at radius 2 is 1.62 bits per heavy atom. The van der Waals surface area contributed by atoms with Gasteiger partial charge in [0.15, 0.2) is 12.6 Å². The van der Waals surface area contributed by atoms with Crippen LogP contribution >= 0.6 is 0 Å². The van der Waals surface area contributed by atoms with Gasteiger partial charge >= 0.3 is 6.09 Å². The normalized spacial score (nSPS) is 20.9. The molecule has 0 aromatic heterocycles. The van der Waals surface area contributed by atoms with Crippen LogP contribution in [0.15, 0.2) is 11.9 Å². The number of hydroxylamine groups is 2. The van der Waals surface area contributed by atoms with Gasteiger partial charge < -0.3 is 14.2 Å². The molecule has 2 aliphatic rings. The van der Waals surface area contributed by atoms with E-state index in [0.717, 1.165) is 31.3 Å². The molecular formula is C17H31N3O6. The minimum Gasteiger partial charge on any atom is -0.443 e. The number of nitrogens with two attached hydrogens (primary N) is 1. The molecule has 2 heterocycles. The van der Waals surface area contributed by atoms with Crippen molar-refractivity contribution >= 4 is 12.4 Å². The van der Waals surface area contributed by atoms with E-state index in [1.165, 1.54) is 11.3 Å². The van der Waals surface area contributed by atoms with Crippen LogP contribution in [0.5, 0.6) is 0 Å². The zero-order valence-corrected chi connectivity index (χ0v) is 16.5. The molecule has 1 saturated heterocycles. The summed E-state index contributed by atoms with van der Waals surface area (Å²) in [5, 5.41) is 1.27. The molecule has 2 rings (SSSR count). The summed E-state index contributed by atoms with van der Waals surface area (Å²) in [5.41, 5.74) is 4.84. The Morgan fingerprint density at radius 1 is 1.12 bits per heavy atom. The molecule has 0 aromatic rings. The van der Waals surface area contributed by atoms with Gasteiger partial charge in [0, 0.05) is 0 Å². The number of carbonyl (C=O) groups is 2. The SMILES string of the molecule is C1COCCO1.CC(C)(C)OC(=O)N1C(C=O)=CN(OC(C)(C)C)C1N. The number of nitrogens with zero attached hydrogens (tertiary/aromatic N) is 2. The minimum absolute atomic E-state index is 0.0935. The molecule has 0 aliphatic carbocycles. The van der Waals surface area contributed by atoms with Crippen molar-refractivity contribution in [3.05, 3.63) is 11.9 Å². The first-order valence-electron chi connectivity index (χ1n) is 8.52. The van der Waals surface area contributed by atoms with Gasteiger partial charge in [-0.1, -0.05) is 0 Å². The first-order chi connectivity index (χ1) is 11.9.